The summed E-state index contributed by atoms with van der Waals surface area (Å²) >= 11 is 0. The number of nitrogens with zero attached hydrogens (tertiary/aromatic N) is 4. The number of primary amides is 1. The second-order valence-corrected chi connectivity index (χ2v) is 9.00. The number of carbonyl (C=O) groups excluding carboxylic acids is 2. The molecule has 4 aromatic rings. The SMILES string of the molecule is COc1nc2ccccc2cc1-c1cnc(-c2cccnc2CC(=O)N(C)CCCCCCC(N)=O)[nH]1. The largest absolute Gasteiger partial charge is 0.480 e. The molecule has 3 aromatic heterocycles. The van der Waals surface area contributed by atoms with Gasteiger partial charge in [-0.15, -0.1) is 0 Å². The van der Waals surface area contributed by atoms with Gasteiger partial charge in [0.2, 0.25) is 17.7 Å². The Labute approximate surface area is 216 Å². The van der Waals surface area contributed by atoms with Crippen molar-refractivity contribution < 1.29 is 14.3 Å². The smallest absolute Gasteiger partial charge is 0.228 e. The number of benzene rings is 1. The Morgan fingerprint density at radius 1 is 1.03 bits per heavy atom. The van der Waals surface area contributed by atoms with Crippen molar-refractivity contribution in [2.75, 3.05) is 20.7 Å². The van der Waals surface area contributed by atoms with Crippen LogP contribution in [0.2, 0.25) is 0 Å². The molecule has 3 N–H and O–H groups in total. The number of para-hydroxylation sites is 1. The number of ether oxygens (including phenoxy) is 1. The van der Waals surface area contributed by atoms with E-state index in [1.807, 2.05) is 42.5 Å². The molecule has 9 nitrogen and oxygen atoms in total. The third-order valence-corrected chi connectivity index (χ3v) is 6.30. The van der Waals surface area contributed by atoms with Crippen molar-refractivity contribution in [3.8, 4) is 28.5 Å². The monoisotopic (exact) mass is 500 g/mol. The number of aromatic nitrogens is 4. The molecule has 1 aromatic carbocycles. The van der Waals surface area contributed by atoms with Gasteiger partial charge in [0.1, 0.15) is 5.82 Å². The first-order valence-electron chi connectivity index (χ1n) is 12.4. The highest BCUT2D eigenvalue weighted by Crippen LogP contribution is 2.32. The van der Waals surface area contributed by atoms with Crippen molar-refractivity contribution in [2.45, 2.75) is 38.5 Å². The minimum Gasteiger partial charge on any atom is -0.480 e. The lowest BCUT2D eigenvalue weighted by Crippen LogP contribution is -2.29. The molecule has 192 valence electrons. The molecule has 2 amide bonds. The Balaban J connectivity index is 1.46. The number of rotatable bonds is 12. The molecular weight excluding hydrogens is 468 g/mol. The molecule has 0 spiro atoms. The first-order chi connectivity index (χ1) is 18.0. The number of H-pyrrole nitrogens is 1. The topological polar surface area (TPSA) is 127 Å². The van der Waals surface area contributed by atoms with Gasteiger partial charge in [-0.1, -0.05) is 31.0 Å². The summed E-state index contributed by atoms with van der Waals surface area (Å²) in [5, 5.41) is 0.998. The molecular formula is C28H32N6O3. The maximum Gasteiger partial charge on any atom is 0.228 e. The van der Waals surface area contributed by atoms with E-state index >= 15 is 0 Å². The summed E-state index contributed by atoms with van der Waals surface area (Å²) in [7, 11) is 3.40. The van der Waals surface area contributed by atoms with E-state index in [-0.39, 0.29) is 18.2 Å². The molecule has 0 aliphatic heterocycles. The highest BCUT2D eigenvalue weighted by Gasteiger charge is 2.18. The molecule has 37 heavy (non-hydrogen) atoms. The molecule has 4 rings (SSSR count). The standard InChI is InChI=1S/C28H32N6O3/c1-34(15-8-4-3-5-13-25(29)35)26(36)17-23-20(11-9-14-30-23)27-31-18-24(32-27)21-16-19-10-6-7-12-22(19)33-28(21)37-2/h6-7,9-12,14,16,18H,3-5,8,13,15,17H2,1-2H3,(H2,29,35)(H,31,32). The zero-order valence-corrected chi connectivity index (χ0v) is 21.2. The van der Waals surface area contributed by atoms with Gasteiger partial charge in [0.25, 0.3) is 0 Å². The Morgan fingerprint density at radius 3 is 2.65 bits per heavy atom. The van der Waals surface area contributed by atoms with E-state index in [4.69, 9.17) is 10.5 Å². The first kappa shape index (κ1) is 25.8. The van der Waals surface area contributed by atoms with Crippen LogP contribution in [0.4, 0.5) is 0 Å². The molecule has 0 saturated heterocycles. The Morgan fingerprint density at radius 2 is 1.84 bits per heavy atom. The van der Waals surface area contributed by atoms with Crippen molar-refractivity contribution in [1.82, 2.24) is 24.8 Å². The zero-order valence-electron chi connectivity index (χ0n) is 21.2. The lowest BCUT2D eigenvalue weighted by molar-refractivity contribution is -0.129. The summed E-state index contributed by atoms with van der Waals surface area (Å²) in [5.41, 5.74) is 9.02. The highest BCUT2D eigenvalue weighted by atomic mass is 16.5. The van der Waals surface area contributed by atoms with Crippen LogP contribution in [0.3, 0.4) is 0 Å². The first-order valence-corrected chi connectivity index (χ1v) is 12.4. The van der Waals surface area contributed by atoms with Crippen molar-refractivity contribution in [2.24, 2.45) is 5.73 Å². The number of hydrogen-bond acceptors (Lipinski definition) is 6. The van der Waals surface area contributed by atoms with Crippen LogP contribution in [-0.2, 0) is 16.0 Å². The van der Waals surface area contributed by atoms with Crippen LogP contribution in [0.15, 0.2) is 54.9 Å². The summed E-state index contributed by atoms with van der Waals surface area (Å²) in [4.78, 5) is 42.5. The number of unbranched alkanes of at least 4 members (excludes halogenated alkanes) is 3. The number of hydrogen-bond donors (Lipinski definition) is 2. The summed E-state index contributed by atoms with van der Waals surface area (Å²) in [5.74, 6) is 0.851. The van der Waals surface area contributed by atoms with Crippen LogP contribution >= 0.6 is 0 Å². The fourth-order valence-corrected chi connectivity index (χ4v) is 4.24. The number of methoxy groups -OCH3 is 1. The molecule has 0 saturated carbocycles. The molecule has 9 heteroatoms. The Hall–Kier alpha value is -4.27. The maximum absolute atomic E-state index is 12.9. The van der Waals surface area contributed by atoms with E-state index in [2.05, 4.69) is 19.9 Å². The molecule has 0 radical (unpaired) electrons. The van der Waals surface area contributed by atoms with Gasteiger partial charge in [0, 0.05) is 37.2 Å². The number of likely N-dealkylation sites (N-methyl/N-ethyl adjacent to an activating group) is 1. The van der Waals surface area contributed by atoms with Crippen LogP contribution in [-0.4, -0.2) is 57.4 Å². The third-order valence-electron chi connectivity index (χ3n) is 6.30. The third kappa shape index (κ3) is 6.49. The minimum atomic E-state index is -0.268. The number of pyridine rings is 2. The van der Waals surface area contributed by atoms with Gasteiger partial charge in [-0.05, 0) is 37.1 Å². The number of carbonyl (C=O) groups is 2. The average molecular weight is 501 g/mol. The van der Waals surface area contributed by atoms with Crippen molar-refractivity contribution >= 4 is 22.7 Å². The van der Waals surface area contributed by atoms with Crippen LogP contribution in [0.1, 0.15) is 37.8 Å². The van der Waals surface area contributed by atoms with E-state index in [9.17, 15) is 9.59 Å². The lowest BCUT2D eigenvalue weighted by Gasteiger charge is -2.17. The van der Waals surface area contributed by atoms with Crippen molar-refractivity contribution in [1.29, 1.82) is 0 Å². The van der Waals surface area contributed by atoms with Gasteiger partial charge >= 0.3 is 0 Å². The molecule has 0 unspecified atom stereocenters. The highest BCUT2D eigenvalue weighted by molar-refractivity contribution is 5.86. The van der Waals surface area contributed by atoms with E-state index < -0.39 is 0 Å². The van der Waals surface area contributed by atoms with E-state index in [1.165, 1.54) is 0 Å². The number of nitrogens with one attached hydrogen (secondary N) is 1. The van der Waals surface area contributed by atoms with Crippen molar-refractivity contribution in [3.05, 3.63) is 60.6 Å². The normalized spacial score (nSPS) is 11.0. The second-order valence-electron chi connectivity index (χ2n) is 9.00. The van der Waals surface area contributed by atoms with E-state index in [0.717, 1.165) is 53.4 Å². The van der Waals surface area contributed by atoms with Gasteiger partial charge in [-0.3, -0.25) is 14.6 Å². The fraction of sp³-hybridized carbons (Fsp3) is 0.321. The average Bonchev–Trinajstić information content (AvgIpc) is 3.39. The summed E-state index contributed by atoms with van der Waals surface area (Å²) in [6, 6.07) is 13.6. The second kappa shape index (κ2) is 12.1. The predicted molar refractivity (Wildman–Crippen MR) is 143 cm³/mol. The number of aromatic amines is 1. The van der Waals surface area contributed by atoms with Gasteiger partial charge in [-0.2, -0.15) is 0 Å². The number of nitrogens with two attached hydrogens (primary N) is 1. The van der Waals surface area contributed by atoms with Gasteiger partial charge < -0.3 is 20.4 Å². The molecule has 0 aliphatic carbocycles. The van der Waals surface area contributed by atoms with E-state index in [0.29, 0.717) is 30.4 Å². The van der Waals surface area contributed by atoms with Gasteiger partial charge in [0.05, 0.1) is 42.2 Å². The summed E-state index contributed by atoms with van der Waals surface area (Å²) in [6.07, 6.45) is 7.55. The Bertz CT molecular complexity index is 1380. The Kier molecular flexibility index (Phi) is 8.45. The molecule has 0 aliphatic rings. The quantitative estimate of drug-likeness (QED) is 0.282. The van der Waals surface area contributed by atoms with Gasteiger partial charge in [-0.25, -0.2) is 9.97 Å². The number of imidazole rings is 1. The van der Waals surface area contributed by atoms with Crippen LogP contribution < -0.4 is 10.5 Å². The molecule has 3 heterocycles. The molecule has 0 fully saturated rings. The minimum absolute atomic E-state index is 0.00994. The zero-order chi connectivity index (χ0) is 26.2. The molecule has 0 atom stereocenters. The summed E-state index contributed by atoms with van der Waals surface area (Å²) in [6.45, 7) is 0.650. The van der Waals surface area contributed by atoms with Gasteiger partial charge in [0.15, 0.2) is 0 Å². The number of fused-ring (bicyclic) bond motifs is 1. The maximum atomic E-state index is 12.9. The van der Waals surface area contributed by atoms with Crippen molar-refractivity contribution in [3.63, 3.8) is 0 Å². The van der Waals surface area contributed by atoms with Crippen LogP contribution in [0.25, 0.3) is 33.5 Å². The van der Waals surface area contributed by atoms with Crippen LogP contribution in [0.5, 0.6) is 5.88 Å². The van der Waals surface area contributed by atoms with E-state index in [1.54, 1.807) is 31.5 Å². The predicted octanol–water partition coefficient (Wildman–Crippen LogP) is 4.13. The lowest BCUT2D eigenvalue weighted by atomic mass is 10.1. The molecule has 0 bridgehead atoms. The van der Waals surface area contributed by atoms with Crippen LogP contribution in [0, 0.1) is 0 Å². The number of amides is 2. The summed E-state index contributed by atoms with van der Waals surface area (Å²) < 4.78 is 5.55. The fourth-order valence-electron chi connectivity index (χ4n) is 4.24.